The molecule has 2 N–H and O–H groups in total. The molecular weight excluding hydrogens is 304 g/mol. The van der Waals surface area contributed by atoms with Gasteiger partial charge in [0.2, 0.25) is 5.95 Å². The van der Waals surface area contributed by atoms with Gasteiger partial charge in [-0.05, 0) is 37.7 Å². The number of guanidine groups is 1. The normalized spacial score (nSPS) is 30.2. The first-order valence-corrected chi connectivity index (χ1v) is 9.02. The number of fused-ring (bicyclic) bond motifs is 2. The van der Waals surface area contributed by atoms with Gasteiger partial charge in [-0.1, -0.05) is 0 Å². The zero-order chi connectivity index (χ0) is 16.4. The highest BCUT2D eigenvalue weighted by Gasteiger charge is 2.40. The minimum absolute atomic E-state index is 0.487. The van der Waals surface area contributed by atoms with Crippen LogP contribution >= 0.6 is 0 Å². The number of aliphatic imine (C=N–C) groups is 1. The molecule has 3 atom stereocenters. The largest absolute Gasteiger partial charge is 0.375 e. The van der Waals surface area contributed by atoms with Crippen LogP contribution in [0.1, 0.15) is 25.7 Å². The summed E-state index contributed by atoms with van der Waals surface area (Å²) in [5.41, 5.74) is 6.19. The van der Waals surface area contributed by atoms with E-state index in [2.05, 4.69) is 24.8 Å². The fraction of sp³-hybridized carbons (Fsp3) is 0.706. The lowest BCUT2D eigenvalue weighted by molar-refractivity contribution is 0.0916. The highest BCUT2D eigenvalue weighted by molar-refractivity contribution is 5.78. The molecule has 3 unspecified atom stereocenters. The van der Waals surface area contributed by atoms with Crippen LogP contribution in [0.15, 0.2) is 23.5 Å². The van der Waals surface area contributed by atoms with Gasteiger partial charge in [-0.3, -0.25) is 4.99 Å². The standard InChI is InChI=1S/C17H26N6O/c18-16(19-7-4-13-12-14-2-3-15(13)24-14)22-8-10-23(11-9-22)17-20-5-1-6-21-17/h1,5-6,13-15H,2-4,7-12H2,(H2,18,19). The van der Waals surface area contributed by atoms with Crippen molar-refractivity contribution in [1.29, 1.82) is 0 Å². The molecule has 0 saturated carbocycles. The summed E-state index contributed by atoms with van der Waals surface area (Å²) in [6, 6.07) is 1.84. The predicted molar refractivity (Wildman–Crippen MR) is 92.9 cm³/mol. The quantitative estimate of drug-likeness (QED) is 0.652. The first-order valence-electron chi connectivity index (χ1n) is 9.02. The number of piperazine rings is 1. The van der Waals surface area contributed by atoms with Gasteiger partial charge >= 0.3 is 0 Å². The van der Waals surface area contributed by atoms with Crippen molar-refractivity contribution in [3.8, 4) is 0 Å². The van der Waals surface area contributed by atoms with Crippen molar-refractivity contribution in [3.05, 3.63) is 18.5 Å². The van der Waals surface area contributed by atoms with Gasteiger partial charge in [0.1, 0.15) is 0 Å². The summed E-state index contributed by atoms with van der Waals surface area (Å²) in [7, 11) is 0. The molecule has 1 aromatic rings. The third-order valence-electron chi connectivity index (χ3n) is 5.44. The van der Waals surface area contributed by atoms with Crippen LogP contribution < -0.4 is 10.6 Å². The second-order valence-corrected chi connectivity index (χ2v) is 6.92. The third-order valence-corrected chi connectivity index (χ3v) is 5.44. The number of hydrogen-bond donors (Lipinski definition) is 1. The molecule has 130 valence electrons. The third kappa shape index (κ3) is 3.31. The lowest BCUT2D eigenvalue weighted by Crippen LogP contribution is -2.51. The second-order valence-electron chi connectivity index (χ2n) is 6.92. The number of anilines is 1. The Balaban J connectivity index is 1.23. The van der Waals surface area contributed by atoms with E-state index in [1.165, 1.54) is 19.3 Å². The molecule has 3 fully saturated rings. The van der Waals surface area contributed by atoms with E-state index in [0.29, 0.717) is 24.1 Å². The van der Waals surface area contributed by atoms with Gasteiger partial charge < -0.3 is 20.3 Å². The zero-order valence-corrected chi connectivity index (χ0v) is 14.0. The number of aromatic nitrogens is 2. The summed E-state index contributed by atoms with van der Waals surface area (Å²) in [5, 5.41) is 0. The van der Waals surface area contributed by atoms with Crippen molar-refractivity contribution < 1.29 is 4.74 Å². The summed E-state index contributed by atoms with van der Waals surface area (Å²) in [6.07, 6.45) is 9.37. The van der Waals surface area contributed by atoms with E-state index in [4.69, 9.17) is 10.5 Å². The Labute approximate surface area is 142 Å². The molecule has 4 heterocycles. The molecule has 3 aliphatic rings. The van der Waals surface area contributed by atoms with Crippen LogP contribution in [0.4, 0.5) is 5.95 Å². The van der Waals surface area contributed by atoms with E-state index in [1.54, 1.807) is 12.4 Å². The second kappa shape index (κ2) is 6.93. The predicted octanol–water partition coefficient (Wildman–Crippen LogP) is 0.871. The lowest BCUT2D eigenvalue weighted by atomic mass is 9.87. The Kier molecular flexibility index (Phi) is 4.51. The molecule has 0 amide bonds. The Morgan fingerprint density at radius 1 is 1.21 bits per heavy atom. The smallest absolute Gasteiger partial charge is 0.225 e. The Bertz CT molecular complexity index is 572. The van der Waals surface area contributed by atoms with Crippen LogP contribution in [0.5, 0.6) is 0 Å². The molecule has 1 aromatic heterocycles. The number of nitrogens with two attached hydrogens (primary N) is 1. The molecule has 7 heteroatoms. The van der Waals surface area contributed by atoms with E-state index in [1.807, 2.05) is 6.07 Å². The average molecular weight is 330 g/mol. The number of hydrogen-bond acceptors (Lipinski definition) is 5. The van der Waals surface area contributed by atoms with Crippen LogP contribution in [0, 0.1) is 5.92 Å². The molecule has 0 radical (unpaired) electrons. The Morgan fingerprint density at radius 3 is 2.67 bits per heavy atom. The summed E-state index contributed by atoms with van der Waals surface area (Å²) in [6.45, 7) is 4.29. The van der Waals surface area contributed by atoms with Crippen LogP contribution in [-0.2, 0) is 4.74 Å². The van der Waals surface area contributed by atoms with Gasteiger partial charge in [0.05, 0.1) is 12.2 Å². The van der Waals surface area contributed by atoms with Gasteiger partial charge in [-0.15, -0.1) is 0 Å². The maximum atomic E-state index is 6.19. The van der Waals surface area contributed by atoms with Crippen molar-refractivity contribution in [2.45, 2.75) is 37.9 Å². The number of ether oxygens (including phenoxy) is 1. The molecule has 24 heavy (non-hydrogen) atoms. The van der Waals surface area contributed by atoms with Gasteiger partial charge in [0.25, 0.3) is 0 Å². The van der Waals surface area contributed by atoms with Gasteiger partial charge in [-0.25, -0.2) is 9.97 Å². The summed E-state index contributed by atoms with van der Waals surface area (Å²) in [4.78, 5) is 17.6. The van der Waals surface area contributed by atoms with Gasteiger partial charge in [-0.2, -0.15) is 0 Å². The van der Waals surface area contributed by atoms with Crippen LogP contribution in [0.3, 0.4) is 0 Å². The van der Waals surface area contributed by atoms with Gasteiger partial charge in [0, 0.05) is 45.1 Å². The Morgan fingerprint density at radius 2 is 2.00 bits per heavy atom. The maximum Gasteiger partial charge on any atom is 0.225 e. The fourth-order valence-electron chi connectivity index (χ4n) is 4.08. The minimum Gasteiger partial charge on any atom is -0.375 e. The first kappa shape index (κ1) is 15.6. The van der Waals surface area contributed by atoms with Crippen LogP contribution in [-0.4, -0.2) is 65.8 Å². The number of nitrogens with zero attached hydrogens (tertiary/aromatic N) is 5. The lowest BCUT2D eigenvalue weighted by Gasteiger charge is -2.35. The highest BCUT2D eigenvalue weighted by Crippen LogP contribution is 2.40. The van der Waals surface area contributed by atoms with Crippen molar-refractivity contribution >= 4 is 11.9 Å². The van der Waals surface area contributed by atoms with Crippen molar-refractivity contribution in [3.63, 3.8) is 0 Å². The molecule has 0 spiro atoms. The average Bonchev–Trinajstić information content (AvgIpc) is 3.26. The van der Waals surface area contributed by atoms with E-state index < -0.39 is 0 Å². The van der Waals surface area contributed by atoms with E-state index >= 15 is 0 Å². The van der Waals surface area contributed by atoms with Crippen molar-refractivity contribution in [2.75, 3.05) is 37.6 Å². The molecule has 0 aliphatic carbocycles. The first-order chi connectivity index (χ1) is 11.8. The summed E-state index contributed by atoms with van der Waals surface area (Å²) < 4.78 is 5.91. The topological polar surface area (TPSA) is 79.9 Å². The highest BCUT2D eigenvalue weighted by atomic mass is 16.5. The molecule has 4 rings (SSSR count). The summed E-state index contributed by atoms with van der Waals surface area (Å²) >= 11 is 0. The van der Waals surface area contributed by atoms with E-state index in [-0.39, 0.29) is 0 Å². The zero-order valence-electron chi connectivity index (χ0n) is 14.0. The SMILES string of the molecule is NC(=NCCC1CC2CCC1O2)N1CCN(c2ncccn2)CC1. The molecule has 3 aliphatic heterocycles. The van der Waals surface area contributed by atoms with E-state index in [0.717, 1.165) is 45.1 Å². The van der Waals surface area contributed by atoms with E-state index in [9.17, 15) is 0 Å². The van der Waals surface area contributed by atoms with Gasteiger partial charge in [0.15, 0.2) is 5.96 Å². The van der Waals surface area contributed by atoms with Crippen molar-refractivity contribution in [2.24, 2.45) is 16.6 Å². The minimum atomic E-state index is 0.487. The molecule has 7 nitrogen and oxygen atoms in total. The Hall–Kier alpha value is -1.89. The molecular formula is C17H26N6O. The van der Waals surface area contributed by atoms with Crippen molar-refractivity contribution in [1.82, 2.24) is 14.9 Å². The summed E-state index contributed by atoms with van der Waals surface area (Å²) in [5.74, 6) is 2.16. The molecule has 2 bridgehead atoms. The fourth-order valence-corrected chi connectivity index (χ4v) is 4.08. The maximum absolute atomic E-state index is 6.19. The van der Waals surface area contributed by atoms with Crippen LogP contribution in [0.2, 0.25) is 0 Å². The van der Waals surface area contributed by atoms with Crippen LogP contribution in [0.25, 0.3) is 0 Å². The monoisotopic (exact) mass is 330 g/mol. The molecule has 3 saturated heterocycles. The molecule has 0 aromatic carbocycles. The number of rotatable bonds is 4.